The lowest BCUT2D eigenvalue weighted by Crippen LogP contribution is -2.37. The summed E-state index contributed by atoms with van der Waals surface area (Å²) in [6.07, 6.45) is 2.66. The summed E-state index contributed by atoms with van der Waals surface area (Å²) in [6.45, 7) is 2.02. The first-order valence-electron chi connectivity index (χ1n) is 9.85. The highest BCUT2D eigenvalue weighted by Crippen LogP contribution is 2.37. The van der Waals surface area contributed by atoms with Gasteiger partial charge in [-0.05, 0) is 31.2 Å². The number of fused-ring (bicyclic) bond motifs is 1. The Labute approximate surface area is 177 Å². The van der Waals surface area contributed by atoms with E-state index in [0.29, 0.717) is 29.9 Å². The van der Waals surface area contributed by atoms with Crippen molar-refractivity contribution in [1.82, 2.24) is 14.7 Å². The third-order valence-corrected chi connectivity index (χ3v) is 5.95. The summed E-state index contributed by atoms with van der Waals surface area (Å²) in [5.41, 5.74) is 0.792. The van der Waals surface area contributed by atoms with Crippen LogP contribution in [0.5, 0.6) is 11.5 Å². The zero-order chi connectivity index (χ0) is 21.9. The maximum absolute atomic E-state index is 11.0. The van der Waals surface area contributed by atoms with Crippen LogP contribution in [0, 0.1) is 5.92 Å². The second-order valence-corrected chi connectivity index (χ2v) is 9.00. The Morgan fingerprint density at radius 3 is 2.37 bits per heavy atom. The maximum atomic E-state index is 11.0. The van der Waals surface area contributed by atoms with Gasteiger partial charge in [-0.2, -0.15) is 13.4 Å². The van der Waals surface area contributed by atoms with Crippen molar-refractivity contribution in [2.75, 3.05) is 57.7 Å². The highest BCUT2D eigenvalue weighted by atomic mass is 32.2. The molecule has 0 spiro atoms. The molecule has 1 aliphatic rings. The van der Waals surface area contributed by atoms with E-state index in [9.17, 15) is 8.42 Å². The number of hydrogen-bond acceptors (Lipinski definition) is 8. The fraction of sp³-hybridized carbons (Fsp3) is 0.579. The van der Waals surface area contributed by atoms with E-state index in [1.807, 2.05) is 31.1 Å². The van der Waals surface area contributed by atoms with E-state index in [2.05, 4.69) is 14.6 Å². The van der Waals surface area contributed by atoms with Crippen LogP contribution in [0.4, 0.5) is 11.8 Å². The Morgan fingerprint density at radius 1 is 1.17 bits per heavy atom. The van der Waals surface area contributed by atoms with Crippen LogP contribution >= 0.6 is 0 Å². The molecule has 3 rings (SSSR count). The van der Waals surface area contributed by atoms with Crippen LogP contribution in [0.2, 0.25) is 0 Å². The predicted octanol–water partition coefficient (Wildman–Crippen LogP) is 1.11. The lowest BCUT2D eigenvalue weighted by atomic mass is 9.93. The zero-order valence-corrected chi connectivity index (χ0v) is 18.7. The number of methoxy groups -OCH3 is 2. The van der Waals surface area contributed by atoms with Crippen LogP contribution in [-0.2, 0) is 10.2 Å². The molecule has 1 aromatic heterocycles. The molecule has 0 saturated carbocycles. The Balaban J connectivity index is 1.84. The molecular formula is C19H30N6O4S. The molecular weight excluding hydrogens is 408 g/mol. The van der Waals surface area contributed by atoms with Crippen LogP contribution in [0.1, 0.15) is 19.3 Å². The van der Waals surface area contributed by atoms with Crippen LogP contribution in [-0.4, -0.2) is 66.3 Å². The smallest absolute Gasteiger partial charge is 0.274 e. The first-order valence-corrected chi connectivity index (χ1v) is 11.4. The van der Waals surface area contributed by atoms with E-state index in [1.54, 1.807) is 14.2 Å². The molecule has 0 unspecified atom stereocenters. The minimum Gasteiger partial charge on any atom is -0.493 e. The van der Waals surface area contributed by atoms with Crippen molar-refractivity contribution in [2.45, 2.75) is 19.3 Å². The van der Waals surface area contributed by atoms with E-state index in [-0.39, 0.29) is 0 Å². The van der Waals surface area contributed by atoms with Gasteiger partial charge in [0, 0.05) is 45.2 Å². The van der Waals surface area contributed by atoms with Gasteiger partial charge in [0.1, 0.15) is 5.82 Å². The standard InChI is InChI=1S/C19H30N6O4S/c1-24(2)19-22-15-12-17(29-4)16(28-3)11-14(15)18(23-19)25-9-6-13(7-10-25)5-8-21-30(20,26)27/h11-13,21H,5-10H2,1-4H3,(H2,20,26,27). The molecule has 1 saturated heterocycles. The van der Waals surface area contributed by atoms with E-state index >= 15 is 0 Å². The van der Waals surface area contributed by atoms with Gasteiger partial charge in [-0.15, -0.1) is 0 Å². The fourth-order valence-corrected chi connectivity index (χ4v) is 4.11. The number of ether oxygens (including phenoxy) is 2. The molecule has 0 atom stereocenters. The van der Waals surface area contributed by atoms with Gasteiger partial charge in [-0.25, -0.2) is 14.8 Å². The molecule has 30 heavy (non-hydrogen) atoms. The average Bonchev–Trinajstić information content (AvgIpc) is 2.71. The van der Waals surface area contributed by atoms with E-state index in [0.717, 1.165) is 49.1 Å². The SMILES string of the molecule is COc1cc2nc(N(C)C)nc(N3CCC(CCNS(N)(=O)=O)CC3)c2cc1OC. The van der Waals surface area contributed by atoms with Gasteiger partial charge in [-0.1, -0.05) is 0 Å². The largest absolute Gasteiger partial charge is 0.493 e. The lowest BCUT2D eigenvalue weighted by Gasteiger charge is -2.34. The molecule has 1 fully saturated rings. The highest BCUT2D eigenvalue weighted by Gasteiger charge is 2.24. The Morgan fingerprint density at radius 2 is 1.80 bits per heavy atom. The van der Waals surface area contributed by atoms with Crippen molar-refractivity contribution < 1.29 is 17.9 Å². The summed E-state index contributed by atoms with van der Waals surface area (Å²) < 4.78 is 35.4. The van der Waals surface area contributed by atoms with E-state index < -0.39 is 10.2 Å². The minimum absolute atomic E-state index is 0.363. The third-order valence-electron chi connectivity index (χ3n) is 5.34. The van der Waals surface area contributed by atoms with Crippen molar-refractivity contribution in [3.8, 4) is 11.5 Å². The summed E-state index contributed by atoms with van der Waals surface area (Å²) >= 11 is 0. The van der Waals surface area contributed by atoms with Gasteiger partial charge in [0.25, 0.3) is 10.2 Å². The van der Waals surface area contributed by atoms with Gasteiger partial charge in [0.2, 0.25) is 5.95 Å². The molecule has 0 radical (unpaired) electrons. The van der Waals surface area contributed by atoms with Gasteiger partial charge >= 0.3 is 0 Å². The van der Waals surface area contributed by atoms with Crippen LogP contribution in [0.3, 0.4) is 0 Å². The monoisotopic (exact) mass is 438 g/mol. The second kappa shape index (κ2) is 9.19. The number of hydrogen-bond donors (Lipinski definition) is 2. The summed E-state index contributed by atoms with van der Waals surface area (Å²) in [5.74, 6) is 3.19. The zero-order valence-electron chi connectivity index (χ0n) is 17.9. The fourth-order valence-electron chi connectivity index (χ4n) is 3.71. The van der Waals surface area contributed by atoms with Crippen molar-refractivity contribution in [3.05, 3.63) is 12.1 Å². The average molecular weight is 439 g/mol. The van der Waals surface area contributed by atoms with Crippen molar-refractivity contribution in [2.24, 2.45) is 11.1 Å². The minimum atomic E-state index is -3.63. The summed E-state index contributed by atoms with van der Waals surface area (Å²) in [4.78, 5) is 13.6. The molecule has 3 N–H and O–H groups in total. The van der Waals surface area contributed by atoms with Crippen LogP contribution in [0.15, 0.2) is 12.1 Å². The van der Waals surface area contributed by atoms with Crippen molar-refractivity contribution in [1.29, 1.82) is 0 Å². The molecule has 0 bridgehead atoms. The Kier molecular flexibility index (Phi) is 6.84. The normalized spacial score (nSPS) is 15.4. The number of rotatable bonds is 8. The first-order chi connectivity index (χ1) is 14.2. The second-order valence-electron chi connectivity index (χ2n) is 7.62. The molecule has 10 nitrogen and oxygen atoms in total. The summed E-state index contributed by atoms with van der Waals surface area (Å²) in [6, 6.07) is 3.79. The number of aromatic nitrogens is 2. The van der Waals surface area contributed by atoms with Gasteiger partial charge in [-0.3, -0.25) is 0 Å². The third kappa shape index (κ3) is 5.21. The molecule has 11 heteroatoms. The number of nitrogens with zero attached hydrogens (tertiary/aromatic N) is 4. The molecule has 0 aliphatic carbocycles. The molecule has 2 aromatic rings. The van der Waals surface area contributed by atoms with Gasteiger partial charge in [0.05, 0.1) is 19.7 Å². The van der Waals surface area contributed by atoms with Crippen LogP contribution < -0.4 is 29.1 Å². The van der Waals surface area contributed by atoms with Gasteiger partial charge < -0.3 is 19.3 Å². The number of anilines is 2. The number of benzene rings is 1. The predicted molar refractivity (Wildman–Crippen MR) is 118 cm³/mol. The lowest BCUT2D eigenvalue weighted by molar-refractivity contribution is 0.355. The first kappa shape index (κ1) is 22.3. The molecule has 1 aromatic carbocycles. The highest BCUT2D eigenvalue weighted by molar-refractivity contribution is 7.87. The summed E-state index contributed by atoms with van der Waals surface area (Å²) in [7, 11) is 3.41. The number of piperidine rings is 1. The number of nitrogens with one attached hydrogen (secondary N) is 1. The topological polar surface area (TPSA) is 123 Å². The van der Waals surface area contributed by atoms with Gasteiger partial charge in [0.15, 0.2) is 11.5 Å². The van der Waals surface area contributed by atoms with Crippen molar-refractivity contribution >= 4 is 32.9 Å². The molecule has 0 amide bonds. The molecule has 2 heterocycles. The number of nitrogens with two attached hydrogens (primary N) is 1. The molecule has 166 valence electrons. The quantitative estimate of drug-likeness (QED) is 0.628. The van der Waals surface area contributed by atoms with E-state index in [4.69, 9.17) is 19.6 Å². The van der Waals surface area contributed by atoms with Crippen LogP contribution in [0.25, 0.3) is 10.9 Å². The summed E-state index contributed by atoms with van der Waals surface area (Å²) in [5, 5.41) is 5.91. The van der Waals surface area contributed by atoms with E-state index in [1.165, 1.54) is 0 Å². The Bertz CT molecular complexity index is 990. The van der Waals surface area contributed by atoms with Crippen molar-refractivity contribution in [3.63, 3.8) is 0 Å². The maximum Gasteiger partial charge on any atom is 0.274 e. The molecule has 1 aliphatic heterocycles. The Hall–Kier alpha value is -2.37.